The van der Waals surface area contributed by atoms with Crippen LogP contribution in [-0.4, -0.2) is 56.2 Å². The first-order valence-corrected chi connectivity index (χ1v) is 13.4. The summed E-state index contributed by atoms with van der Waals surface area (Å²) in [4.78, 5) is 26.0. The van der Waals surface area contributed by atoms with E-state index in [4.69, 9.17) is 16.7 Å². The van der Waals surface area contributed by atoms with Crippen molar-refractivity contribution in [1.29, 1.82) is 0 Å². The van der Waals surface area contributed by atoms with Gasteiger partial charge in [0.05, 0.1) is 11.7 Å². The van der Waals surface area contributed by atoms with Gasteiger partial charge in [0, 0.05) is 78.5 Å². The lowest BCUT2D eigenvalue weighted by molar-refractivity contribution is -0.149. The number of nitrogens with zero attached hydrogens (tertiary/aromatic N) is 4. The van der Waals surface area contributed by atoms with Gasteiger partial charge in [-0.3, -0.25) is 25.1 Å². The predicted octanol–water partition coefficient (Wildman–Crippen LogP) is 2.73. The number of hydrazine groups is 1. The number of nitrogens with one attached hydrogen (secondary N) is 2. The van der Waals surface area contributed by atoms with E-state index in [2.05, 4.69) is 36.0 Å². The van der Waals surface area contributed by atoms with Gasteiger partial charge in [0.15, 0.2) is 0 Å². The molecular formula is C27H35ClN6O2. The molecule has 2 N–H and O–H groups in total. The number of aryl methyl sites for hydroxylation is 1. The monoisotopic (exact) mass is 510 g/mol. The number of carbonyl (C=O) groups excluding carboxylic acids is 1. The molecule has 192 valence electrons. The van der Waals surface area contributed by atoms with Crippen molar-refractivity contribution in [2.24, 2.45) is 24.3 Å². The summed E-state index contributed by atoms with van der Waals surface area (Å²) in [5, 5.41) is 5.23. The van der Waals surface area contributed by atoms with E-state index < -0.39 is 0 Å². The third-order valence-electron chi connectivity index (χ3n) is 9.23. The van der Waals surface area contributed by atoms with Crippen molar-refractivity contribution < 1.29 is 4.79 Å². The summed E-state index contributed by atoms with van der Waals surface area (Å²) >= 11 is 7.20. The van der Waals surface area contributed by atoms with Crippen LogP contribution in [0.2, 0.25) is 0 Å². The van der Waals surface area contributed by atoms with Crippen molar-refractivity contribution in [3.63, 3.8) is 0 Å². The molecule has 2 saturated heterocycles. The fourth-order valence-corrected chi connectivity index (χ4v) is 7.73. The highest BCUT2D eigenvalue weighted by molar-refractivity contribution is 6.21. The number of rotatable bonds is 4. The zero-order chi connectivity index (χ0) is 25.4. The van der Waals surface area contributed by atoms with Crippen molar-refractivity contribution in [2.75, 3.05) is 19.6 Å². The van der Waals surface area contributed by atoms with Crippen molar-refractivity contribution in [3.05, 3.63) is 52.6 Å². The van der Waals surface area contributed by atoms with Gasteiger partial charge in [0.2, 0.25) is 11.5 Å². The van der Waals surface area contributed by atoms with Crippen LogP contribution in [0, 0.1) is 24.2 Å². The summed E-state index contributed by atoms with van der Waals surface area (Å²) in [6, 6.07) is 4.19. The molecule has 36 heavy (non-hydrogen) atoms. The topological polar surface area (TPSA) is 84.2 Å². The van der Waals surface area contributed by atoms with Crippen LogP contribution in [0.1, 0.15) is 49.4 Å². The quantitative estimate of drug-likeness (QED) is 0.488. The molecule has 0 bridgehead atoms. The first-order valence-electron chi connectivity index (χ1n) is 13.0. The summed E-state index contributed by atoms with van der Waals surface area (Å²) in [6.45, 7) is 10.5. The Bertz CT molecular complexity index is 1270. The van der Waals surface area contributed by atoms with Gasteiger partial charge in [-0.15, -0.1) is 11.6 Å². The molecule has 8 nitrogen and oxygen atoms in total. The highest BCUT2D eigenvalue weighted by atomic mass is 35.5. The molecule has 5 atom stereocenters. The molecule has 5 unspecified atom stereocenters. The lowest BCUT2D eigenvalue weighted by Crippen LogP contribution is -2.63. The summed E-state index contributed by atoms with van der Waals surface area (Å²) in [5.74, 6) is 0.925. The fraction of sp³-hybridized carbons (Fsp3) is 0.593. The van der Waals surface area contributed by atoms with Gasteiger partial charge in [0.25, 0.3) is 0 Å². The fourth-order valence-electron chi connectivity index (χ4n) is 7.31. The second kappa shape index (κ2) is 8.57. The van der Waals surface area contributed by atoms with Gasteiger partial charge >= 0.3 is 0 Å². The Morgan fingerprint density at radius 1 is 1.31 bits per heavy atom. The Morgan fingerprint density at radius 3 is 2.75 bits per heavy atom. The maximum absolute atomic E-state index is 12.1. The normalized spacial score (nSPS) is 31.1. The van der Waals surface area contributed by atoms with Crippen molar-refractivity contribution in [1.82, 2.24) is 30.1 Å². The Balaban J connectivity index is 1.38. The molecule has 1 spiro atoms. The number of halogens is 1. The van der Waals surface area contributed by atoms with Gasteiger partial charge < -0.3 is 9.47 Å². The van der Waals surface area contributed by atoms with Crippen molar-refractivity contribution >= 4 is 17.5 Å². The van der Waals surface area contributed by atoms with Crippen molar-refractivity contribution in [2.45, 2.75) is 56.5 Å². The van der Waals surface area contributed by atoms with Crippen molar-refractivity contribution in [3.8, 4) is 11.3 Å². The predicted molar refractivity (Wildman–Crippen MR) is 140 cm³/mol. The molecular weight excluding hydrogens is 476 g/mol. The molecule has 1 amide bonds. The van der Waals surface area contributed by atoms with E-state index in [0.29, 0.717) is 23.9 Å². The highest BCUT2D eigenvalue weighted by Crippen LogP contribution is 2.55. The second-order valence-electron chi connectivity index (χ2n) is 11.6. The zero-order valence-corrected chi connectivity index (χ0v) is 22.0. The number of alkyl halides is 1. The van der Waals surface area contributed by atoms with Gasteiger partial charge in [-0.25, -0.2) is 0 Å². The van der Waals surface area contributed by atoms with Gasteiger partial charge in [0.1, 0.15) is 0 Å². The minimum absolute atomic E-state index is 0.00780. The third-order valence-corrected chi connectivity index (χ3v) is 9.93. The Labute approximate surface area is 216 Å². The SMILES string of the molecule is C=CC(=O)N1CC2(CC(n3nc(-c4ccc(=O)n(C)c4)c(C4C(Cl)C(C)CC5NNCC54)c3C)C2)C1. The van der Waals surface area contributed by atoms with E-state index in [9.17, 15) is 9.59 Å². The van der Waals surface area contributed by atoms with Gasteiger partial charge in [-0.05, 0) is 50.2 Å². The van der Waals surface area contributed by atoms with Crippen LogP contribution in [0.5, 0.6) is 0 Å². The molecule has 4 heterocycles. The number of fused-ring (bicyclic) bond motifs is 1. The number of hydrogen-bond acceptors (Lipinski definition) is 5. The molecule has 6 rings (SSSR count). The highest BCUT2D eigenvalue weighted by Gasteiger charge is 2.55. The Morgan fingerprint density at radius 2 is 2.06 bits per heavy atom. The van der Waals surface area contributed by atoms with E-state index >= 15 is 0 Å². The lowest BCUT2D eigenvalue weighted by Gasteiger charge is -2.58. The smallest absolute Gasteiger partial charge is 0.250 e. The van der Waals surface area contributed by atoms with Crippen LogP contribution in [-0.2, 0) is 11.8 Å². The number of carbonyl (C=O) groups is 1. The van der Waals surface area contributed by atoms with E-state index in [1.165, 1.54) is 17.3 Å². The number of likely N-dealkylation sites (tertiary alicyclic amines) is 1. The molecule has 2 aromatic heterocycles. The lowest BCUT2D eigenvalue weighted by atomic mass is 9.60. The summed E-state index contributed by atoms with van der Waals surface area (Å²) in [7, 11) is 1.78. The van der Waals surface area contributed by atoms with Crippen LogP contribution in [0.15, 0.2) is 35.8 Å². The summed E-state index contributed by atoms with van der Waals surface area (Å²) in [6.07, 6.45) is 6.38. The minimum Gasteiger partial charge on any atom is -0.338 e. The standard InChI is InChI=1S/C27H35ClN6O2/c1-5-21(35)33-13-27(14-33)9-18(10-27)34-16(3)23(26(31-34)17-6-7-22(36)32(4)12-17)24-19-11-29-30-20(19)8-15(2)25(24)28/h5-7,12,15,18-20,24-25,29-30H,1,8-11,13-14H2,2-4H3. The minimum atomic E-state index is -0.0354. The first-order chi connectivity index (χ1) is 17.2. The molecule has 4 fully saturated rings. The number of aromatic nitrogens is 3. The van der Waals surface area contributed by atoms with E-state index in [-0.39, 0.29) is 28.2 Å². The molecule has 0 aromatic carbocycles. The van der Waals surface area contributed by atoms with Gasteiger partial charge in [-0.1, -0.05) is 13.5 Å². The van der Waals surface area contributed by atoms with Crippen LogP contribution >= 0.6 is 11.6 Å². The summed E-state index contributed by atoms with van der Waals surface area (Å²) < 4.78 is 3.83. The van der Waals surface area contributed by atoms with Crippen LogP contribution in [0.25, 0.3) is 11.3 Å². The van der Waals surface area contributed by atoms with E-state index in [1.54, 1.807) is 17.7 Å². The molecule has 9 heteroatoms. The molecule has 2 aliphatic heterocycles. The third kappa shape index (κ3) is 3.60. The van der Waals surface area contributed by atoms with Crippen LogP contribution in [0.4, 0.5) is 0 Å². The molecule has 2 aliphatic carbocycles. The maximum Gasteiger partial charge on any atom is 0.250 e. The average Bonchev–Trinajstić information content (AvgIpc) is 3.39. The summed E-state index contributed by atoms with van der Waals surface area (Å²) in [5.41, 5.74) is 11.3. The van der Waals surface area contributed by atoms with Crippen LogP contribution < -0.4 is 16.4 Å². The van der Waals surface area contributed by atoms with E-state index in [0.717, 1.165) is 50.2 Å². The second-order valence-corrected chi connectivity index (χ2v) is 12.1. The molecule has 2 aromatic rings. The number of amides is 1. The van der Waals surface area contributed by atoms with Crippen LogP contribution in [0.3, 0.4) is 0 Å². The molecule has 0 radical (unpaired) electrons. The zero-order valence-electron chi connectivity index (χ0n) is 21.2. The van der Waals surface area contributed by atoms with Gasteiger partial charge in [-0.2, -0.15) is 5.10 Å². The first kappa shape index (κ1) is 23.9. The number of pyridine rings is 1. The Hall–Kier alpha value is -2.42. The Kier molecular flexibility index (Phi) is 5.70. The largest absolute Gasteiger partial charge is 0.338 e. The number of hydrogen-bond donors (Lipinski definition) is 2. The average molecular weight is 511 g/mol. The maximum atomic E-state index is 12.1. The molecule has 2 saturated carbocycles. The molecule has 4 aliphatic rings. The van der Waals surface area contributed by atoms with E-state index in [1.807, 2.05) is 17.2 Å².